The number of urea groups is 2. The molecule has 17 heteroatoms. The number of ether oxygens (including phenoxy) is 2. The Hall–Kier alpha value is -10.0. The highest BCUT2D eigenvalue weighted by molar-refractivity contribution is 6.08. The number of hydrogen-bond donors (Lipinski definition) is 6. The van der Waals surface area contributed by atoms with Gasteiger partial charge in [-0.3, -0.25) is 20.4 Å². The molecule has 0 aliphatic rings. The maximum absolute atomic E-state index is 13.3. The molecular formula is C67H72N12O5. The van der Waals surface area contributed by atoms with Crippen molar-refractivity contribution < 1.29 is 23.9 Å². The zero-order valence-corrected chi connectivity index (χ0v) is 49.0. The van der Waals surface area contributed by atoms with E-state index in [0.29, 0.717) is 72.7 Å². The third kappa shape index (κ3) is 14.9. The Morgan fingerprint density at radius 3 is 1.44 bits per heavy atom. The lowest BCUT2D eigenvalue weighted by Gasteiger charge is -2.14. The van der Waals surface area contributed by atoms with Crippen LogP contribution in [0.1, 0.15) is 88.5 Å². The van der Waals surface area contributed by atoms with Crippen molar-refractivity contribution in [2.75, 3.05) is 45.5 Å². The number of fused-ring (bicyclic) bond motifs is 2. The van der Waals surface area contributed by atoms with Gasteiger partial charge in [0.1, 0.15) is 29.0 Å². The molecule has 0 atom stereocenters. The molecule has 4 aromatic heterocycles. The van der Waals surface area contributed by atoms with E-state index in [1.165, 1.54) is 0 Å². The first kappa shape index (κ1) is 58.6. The number of carbonyl (C=O) groups is 3. The number of nitrogens with zero attached hydrogens (tertiary/aromatic N) is 6. The van der Waals surface area contributed by atoms with Crippen molar-refractivity contribution in [1.29, 1.82) is 0 Å². The van der Waals surface area contributed by atoms with E-state index in [0.717, 1.165) is 72.3 Å². The smallest absolute Gasteiger partial charge is 0.324 e. The lowest BCUT2D eigenvalue weighted by atomic mass is 9.92. The molecule has 0 saturated carbocycles. The second-order valence-electron chi connectivity index (χ2n) is 22.6. The van der Waals surface area contributed by atoms with Gasteiger partial charge in [-0.05, 0) is 91.7 Å². The first-order chi connectivity index (χ1) is 40.3. The molecule has 0 fully saturated rings. The number of aromatic nitrogens is 6. The Labute approximate surface area is 490 Å². The van der Waals surface area contributed by atoms with Crippen LogP contribution in [0.3, 0.4) is 0 Å². The SMILES string of the molecule is CCC(=O)Nc1cncc(CCOc2ccc(NC(=O)Nc3cc(C(C)(C)C)nn3-c3ccc(C)cc3)c3ccccc23)c1.Cc1ccc(-n2nc(C(C)(C)C)cc2NC(=O)Nc2ccc(OCCc3ccnc(N)c3)c3ccccc23)cc1. The van der Waals surface area contributed by atoms with E-state index in [-0.39, 0.29) is 28.8 Å². The molecule has 430 valence electrons. The molecule has 0 bridgehead atoms. The summed E-state index contributed by atoms with van der Waals surface area (Å²) in [6.45, 7) is 19.4. The predicted octanol–water partition coefficient (Wildman–Crippen LogP) is 14.5. The Balaban J connectivity index is 0.000000202. The molecule has 0 radical (unpaired) electrons. The van der Waals surface area contributed by atoms with E-state index in [1.54, 1.807) is 28.0 Å². The highest BCUT2D eigenvalue weighted by Gasteiger charge is 2.24. The summed E-state index contributed by atoms with van der Waals surface area (Å²) in [5.74, 6) is 3.06. The third-order valence-corrected chi connectivity index (χ3v) is 13.8. The topological polar surface area (TPSA) is 217 Å². The van der Waals surface area contributed by atoms with Crippen LogP contribution in [0.4, 0.5) is 44.1 Å². The standard InChI is InChI=1S/C35H38N6O3.C32H34N6O2/c1-6-33(42)37-25-19-24(21-36-22-25)17-18-44-30-16-15-29(27-9-7-8-10-28(27)30)38-34(43)39-32-20-31(35(3,4)5)40-41(32)26-13-11-23(2)12-14-26;1-21-9-11-23(12-10-21)38-30(20-28(37-38)32(2,3)4)36-31(39)35-26-13-14-27(25-8-6-5-7-24(25)26)40-18-16-22-15-17-34-29(33)19-22/h7-16,19-22H,6,17-18H2,1-5H3,(H,37,42)(H2,38,39,43);5-15,17,19-20H,16,18H2,1-4H3,(H2,33,34)(H2,35,36,39). The number of amides is 5. The molecule has 0 spiro atoms. The summed E-state index contributed by atoms with van der Waals surface area (Å²) < 4.78 is 15.8. The van der Waals surface area contributed by atoms with Crippen LogP contribution in [0, 0.1) is 13.8 Å². The highest BCUT2D eigenvalue weighted by Crippen LogP contribution is 2.35. The van der Waals surface area contributed by atoms with Gasteiger partial charge in [-0.2, -0.15) is 10.2 Å². The number of anilines is 6. The summed E-state index contributed by atoms with van der Waals surface area (Å²) >= 11 is 0. The first-order valence-electron chi connectivity index (χ1n) is 28.0. The summed E-state index contributed by atoms with van der Waals surface area (Å²) in [6.07, 6.45) is 6.82. The zero-order chi connectivity index (χ0) is 59.5. The van der Waals surface area contributed by atoms with Gasteiger partial charge >= 0.3 is 12.1 Å². The first-order valence-corrected chi connectivity index (χ1v) is 28.0. The largest absolute Gasteiger partial charge is 0.493 e. The number of aryl methyl sites for hydroxylation is 2. The predicted molar refractivity (Wildman–Crippen MR) is 337 cm³/mol. The van der Waals surface area contributed by atoms with Gasteiger partial charge in [0.2, 0.25) is 5.91 Å². The number of rotatable bonds is 16. The molecule has 7 N–H and O–H groups in total. The van der Waals surface area contributed by atoms with Gasteiger partial charge < -0.3 is 31.2 Å². The van der Waals surface area contributed by atoms with Gasteiger partial charge in [0, 0.05) is 76.2 Å². The second-order valence-corrected chi connectivity index (χ2v) is 22.6. The average molecular weight is 1130 g/mol. The average Bonchev–Trinajstić information content (AvgIpc) is 2.79. The fourth-order valence-electron chi connectivity index (χ4n) is 9.14. The number of nitrogen functional groups attached to an aromatic ring is 1. The number of benzene rings is 6. The number of pyridine rings is 2. The lowest BCUT2D eigenvalue weighted by Crippen LogP contribution is -2.21. The minimum Gasteiger partial charge on any atom is -0.493 e. The molecule has 5 amide bonds. The van der Waals surface area contributed by atoms with Gasteiger partial charge in [0.15, 0.2) is 0 Å². The quantitative estimate of drug-likeness (QED) is 0.0538. The third-order valence-electron chi connectivity index (χ3n) is 13.8. The van der Waals surface area contributed by atoms with E-state index < -0.39 is 0 Å². The van der Waals surface area contributed by atoms with Crippen LogP contribution in [0.15, 0.2) is 170 Å². The van der Waals surface area contributed by atoms with Crippen LogP contribution in [0.5, 0.6) is 11.5 Å². The fourth-order valence-corrected chi connectivity index (χ4v) is 9.14. The summed E-state index contributed by atoms with van der Waals surface area (Å²) in [4.78, 5) is 46.6. The maximum atomic E-state index is 13.3. The minimum atomic E-state index is -0.375. The molecule has 10 rings (SSSR count). The van der Waals surface area contributed by atoms with Crippen LogP contribution >= 0.6 is 0 Å². The van der Waals surface area contributed by atoms with Gasteiger partial charge in [-0.25, -0.2) is 23.9 Å². The zero-order valence-electron chi connectivity index (χ0n) is 49.0. The molecule has 4 heterocycles. The highest BCUT2D eigenvalue weighted by atomic mass is 16.5. The molecule has 6 aromatic carbocycles. The Morgan fingerprint density at radius 1 is 0.524 bits per heavy atom. The monoisotopic (exact) mass is 1120 g/mol. The van der Waals surface area contributed by atoms with Crippen molar-refractivity contribution >= 4 is 74.0 Å². The molecule has 0 aliphatic carbocycles. The van der Waals surface area contributed by atoms with E-state index in [1.807, 2.05) is 172 Å². The van der Waals surface area contributed by atoms with Crippen molar-refractivity contribution in [3.63, 3.8) is 0 Å². The van der Waals surface area contributed by atoms with Crippen molar-refractivity contribution in [3.8, 4) is 22.9 Å². The van der Waals surface area contributed by atoms with Crippen LogP contribution in [-0.2, 0) is 28.5 Å². The van der Waals surface area contributed by atoms with E-state index >= 15 is 0 Å². The lowest BCUT2D eigenvalue weighted by molar-refractivity contribution is -0.115. The summed E-state index contributed by atoms with van der Waals surface area (Å²) in [5, 5.41) is 28.0. The number of nitrogens with one attached hydrogen (secondary N) is 5. The summed E-state index contributed by atoms with van der Waals surface area (Å²) in [6, 6.07) is 47.9. The number of hydrogen-bond acceptors (Lipinski definition) is 10. The Bertz CT molecular complexity index is 3950. The summed E-state index contributed by atoms with van der Waals surface area (Å²) in [7, 11) is 0. The maximum Gasteiger partial charge on any atom is 0.324 e. The normalized spacial score (nSPS) is 11.3. The molecule has 0 aliphatic heterocycles. The number of nitrogens with two attached hydrogens (primary N) is 1. The Morgan fingerprint density at radius 2 is 0.988 bits per heavy atom. The van der Waals surface area contributed by atoms with E-state index in [9.17, 15) is 14.4 Å². The Kier molecular flexibility index (Phi) is 18.0. The van der Waals surface area contributed by atoms with Gasteiger partial charge in [0.25, 0.3) is 0 Å². The molecule has 0 unspecified atom stereocenters. The van der Waals surface area contributed by atoms with Crippen molar-refractivity contribution in [3.05, 3.63) is 204 Å². The molecular weight excluding hydrogens is 1050 g/mol. The molecule has 10 aromatic rings. The van der Waals surface area contributed by atoms with Gasteiger partial charge in [0.05, 0.1) is 59.2 Å². The van der Waals surface area contributed by atoms with Crippen LogP contribution < -0.4 is 41.8 Å². The van der Waals surface area contributed by atoms with E-state index in [2.05, 4.69) is 78.1 Å². The second kappa shape index (κ2) is 25.8. The van der Waals surface area contributed by atoms with Crippen LogP contribution in [0.25, 0.3) is 32.9 Å². The molecule has 0 saturated heterocycles. The number of carbonyl (C=O) groups excluding carboxylic acids is 3. The van der Waals surface area contributed by atoms with E-state index in [4.69, 9.17) is 25.4 Å². The molecule has 17 nitrogen and oxygen atoms in total. The van der Waals surface area contributed by atoms with Crippen LogP contribution in [-0.4, -0.2) is 60.7 Å². The van der Waals surface area contributed by atoms with Crippen molar-refractivity contribution in [2.45, 2.75) is 92.4 Å². The van der Waals surface area contributed by atoms with Gasteiger partial charge in [-0.15, -0.1) is 0 Å². The van der Waals surface area contributed by atoms with Gasteiger partial charge in [-0.1, -0.05) is 132 Å². The molecule has 84 heavy (non-hydrogen) atoms. The minimum absolute atomic E-state index is 0.0550. The van der Waals surface area contributed by atoms with Crippen molar-refractivity contribution in [2.24, 2.45) is 0 Å². The van der Waals surface area contributed by atoms with Crippen molar-refractivity contribution in [1.82, 2.24) is 29.5 Å². The summed E-state index contributed by atoms with van der Waals surface area (Å²) in [5.41, 5.74) is 15.2. The fraction of sp³-hybridized carbons (Fsp3) is 0.239. The van der Waals surface area contributed by atoms with Crippen LogP contribution in [0.2, 0.25) is 0 Å².